The van der Waals surface area contributed by atoms with Crippen LogP contribution in [0.25, 0.3) is 0 Å². The van der Waals surface area contributed by atoms with Gasteiger partial charge in [-0.05, 0) is 54.3 Å². The van der Waals surface area contributed by atoms with Crippen LogP contribution in [-0.2, 0) is 17.8 Å². The highest BCUT2D eigenvalue weighted by Crippen LogP contribution is 2.17. The zero-order valence-electron chi connectivity index (χ0n) is 18.5. The molecule has 0 aliphatic rings. The molecule has 2 aromatic rings. The lowest BCUT2D eigenvalue weighted by molar-refractivity contribution is -0.127. The fourth-order valence-corrected chi connectivity index (χ4v) is 2.81. The maximum absolute atomic E-state index is 12.0. The zero-order chi connectivity index (χ0) is 21.9. The fraction of sp³-hybridized carbons (Fsp3) is 0.391. The summed E-state index contributed by atoms with van der Waals surface area (Å²) in [7, 11) is 6.78. The number of aliphatic imine (C=N–C) groups is 1. The van der Waals surface area contributed by atoms with E-state index in [9.17, 15) is 4.79 Å². The molecule has 0 unspecified atom stereocenters. The number of carbonyl (C=O) groups is 1. The molecule has 0 aromatic heterocycles. The van der Waals surface area contributed by atoms with E-state index in [0.717, 1.165) is 29.0 Å². The molecule has 7 nitrogen and oxygen atoms in total. The zero-order valence-corrected chi connectivity index (χ0v) is 18.5. The number of likely N-dealkylation sites (N-methyl/N-ethyl adjacent to an activating group) is 1. The molecule has 0 spiro atoms. The number of nitrogens with one attached hydrogen (secondary N) is 2. The van der Waals surface area contributed by atoms with Crippen LogP contribution < -0.4 is 20.1 Å². The number of carbonyl (C=O) groups excluding carboxylic acids is 1. The van der Waals surface area contributed by atoms with Crippen LogP contribution in [0.1, 0.15) is 16.7 Å². The molecule has 0 aliphatic heterocycles. The molecule has 0 heterocycles. The number of aryl methyl sites for hydroxylation is 1. The molecule has 0 bridgehead atoms. The highest BCUT2D eigenvalue weighted by Gasteiger charge is 2.07. The minimum absolute atomic E-state index is 0.0168. The number of rotatable bonds is 9. The third kappa shape index (κ3) is 7.66. The number of hydrogen-bond acceptors (Lipinski definition) is 4. The Morgan fingerprint density at radius 1 is 0.967 bits per heavy atom. The van der Waals surface area contributed by atoms with Gasteiger partial charge in [-0.1, -0.05) is 18.2 Å². The third-order valence-electron chi connectivity index (χ3n) is 4.54. The quantitative estimate of drug-likeness (QED) is 0.489. The van der Waals surface area contributed by atoms with E-state index in [1.165, 1.54) is 5.56 Å². The smallest absolute Gasteiger partial charge is 0.241 e. The van der Waals surface area contributed by atoms with E-state index in [2.05, 4.69) is 21.7 Å². The van der Waals surface area contributed by atoms with Crippen molar-refractivity contribution >= 4 is 11.9 Å². The molecular weight excluding hydrogens is 380 g/mol. The van der Waals surface area contributed by atoms with Crippen molar-refractivity contribution in [2.75, 3.05) is 41.4 Å². The fourth-order valence-electron chi connectivity index (χ4n) is 2.81. The maximum Gasteiger partial charge on any atom is 0.241 e. The van der Waals surface area contributed by atoms with Crippen molar-refractivity contribution in [2.45, 2.75) is 19.9 Å². The summed E-state index contributed by atoms with van der Waals surface area (Å²) in [5.41, 5.74) is 3.35. The normalized spacial score (nSPS) is 11.0. The van der Waals surface area contributed by atoms with Gasteiger partial charge in [0.05, 0.1) is 27.3 Å². The molecule has 162 valence electrons. The summed E-state index contributed by atoms with van der Waals surface area (Å²) in [4.78, 5) is 18.2. The number of guanidine groups is 1. The first-order chi connectivity index (χ1) is 14.4. The van der Waals surface area contributed by atoms with E-state index in [1.54, 1.807) is 33.2 Å². The lowest BCUT2D eigenvalue weighted by Gasteiger charge is -2.15. The van der Waals surface area contributed by atoms with Gasteiger partial charge in [0, 0.05) is 20.6 Å². The largest absolute Gasteiger partial charge is 0.497 e. The van der Waals surface area contributed by atoms with Gasteiger partial charge in [-0.25, -0.2) is 4.99 Å². The van der Waals surface area contributed by atoms with Gasteiger partial charge in [0.1, 0.15) is 11.5 Å². The molecule has 0 saturated heterocycles. The Kier molecular flexibility index (Phi) is 9.00. The van der Waals surface area contributed by atoms with Gasteiger partial charge in [-0.15, -0.1) is 0 Å². The molecule has 2 N–H and O–H groups in total. The van der Waals surface area contributed by atoms with Crippen LogP contribution in [-0.4, -0.2) is 58.2 Å². The molecule has 2 rings (SSSR count). The van der Waals surface area contributed by atoms with E-state index in [4.69, 9.17) is 9.47 Å². The second kappa shape index (κ2) is 11.7. The van der Waals surface area contributed by atoms with Crippen LogP contribution in [0.3, 0.4) is 0 Å². The maximum atomic E-state index is 12.0. The first kappa shape index (κ1) is 23.1. The number of methoxy groups -OCH3 is 2. The van der Waals surface area contributed by atoms with E-state index < -0.39 is 0 Å². The summed E-state index contributed by atoms with van der Waals surface area (Å²) in [5, 5.41) is 6.43. The van der Waals surface area contributed by atoms with Crippen molar-refractivity contribution in [3.8, 4) is 11.5 Å². The standard InChI is InChI=1S/C23H32N4O3/c1-17-12-19(14-21(13-17)30-5)15-25-23(26-16-22(28)27(2)3)24-11-10-18-6-8-20(29-4)9-7-18/h6-9,12-14H,10-11,15-16H2,1-5H3,(H2,24,25,26). The van der Waals surface area contributed by atoms with Crippen LogP contribution in [0.15, 0.2) is 47.5 Å². The molecule has 0 fully saturated rings. The van der Waals surface area contributed by atoms with Crippen molar-refractivity contribution in [2.24, 2.45) is 4.99 Å². The van der Waals surface area contributed by atoms with E-state index >= 15 is 0 Å². The van der Waals surface area contributed by atoms with Crippen LogP contribution in [0.5, 0.6) is 11.5 Å². The second-order valence-electron chi connectivity index (χ2n) is 7.19. The number of hydrogen-bond donors (Lipinski definition) is 2. The molecule has 0 atom stereocenters. The van der Waals surface area contributed by atoms with E-state index in [1.807, 2.05) is 43.3 Å². The Bertz CT molecular complexity index is 848. The molecule has 0 saturated carbocycles. The lowest BCUT2D eigenvalue weighted by Crippen LogP contribution is -2.43. The van der Waals surface area contributed by atoms with Gasteiger partial charge in [0.15, 0.2) is 5.96 Å². The molecular formula is C23H32N4O3. The van der Waals surface area contributed by atoms with Gasteiger partial charge in [0.2, 0.25) is 5.91 Å². The van der Waals surface area contributed by atoms with Gasteiger partial charge < -0.3 is 25.0 Å². The highest BCUT2D eigenvalue weighted by atomic mass is 16.5. The highest BCUT2D eigenvalue weighted by molar-refractivity contribution is 5.86. The first-order valence-electron chi connectivity index (χ1n) is 9.91. The summed E-state index contributed by atoms with van der Waals surface area (Å²) in [6.45, 7) is 3.37. The minimum atomic E-state index is -0.0168. The van der Waals surface area contributed by atoms with Gasteiger partial charge in [-0.2, -0.15) is 0 Å². The van der Waals surface area contributed by atoms with Crippen LogP contribution in [0, 0.1) is 6.92 Å². The first-order valence-corrected chi connectivity index (χ1v) is 9.91. The van der Waals surface area contributed by atoms with Crippen LogP contribution >= 0.6 is 0 Å². The Morgan fingerprint density at radius 2 is 1.67 bits per heavy atom. The monoisotopic (exact) mass is 412 g/mol. The van der Waals surface area contributed by atoms with Gasteiger partial charge in [0.25, 0.3) is 0 Å². The van der Waals surface area contributed by atoms with E-state index in [0.29, 0.717) is 19.0 Å². The van der Waals surface area contributed by atoms with Gasteiger partial charge >= 0.3 is 0 Å². The Balaban J connectivity index is 2.02. The molecule has 2 aromatic carbocycles. The van der Waals surface area contributed by atoms with Crippen molar-refractivity contribution in [3.05, 3.63) is 59.2 Å². The van der Waals surface area contributed by atoms with Crippen molar-refractivity contribution < 1.29 is 14.3 Å². The SMILES string of the molecule is COc1ccc(CCNC(=NCc2cc(C)cc(OC)c2)NCC(=O)N(C)C)cc1. The summed E-state index contributed by atoms with van der Waals surface area (Å²) in [6.07, 6.45) is 0.824. The number of ether oxygens (including phenoxy) is 2. The predicted octanol–water partition coefficient (Wildman–Crippen LogP) is 2.38. The summed E-state index contributed by atoms with van der Waals surface area (Å²) in [6, 6.07) is 14.0. The van der Waals surface area contributed by atoms with Crippen LogP contribution in [0.2, 0.25) is 0 Å². The number of benzene rings is 2. The average molecular weight is 413 g/mol. The topological polar surface area (TPSA) is 75.2 Å². The molecule has 1 amide bonds. The summed E-state index contributed by atoms with van der Waals surface area (Å²) >= 11 is 0. The second-order valence-corrected chi connectivity index (χ2v) is 7.19. The van der Waals surface area contributed by atoms with Crippen molar-refractivity contribution in [1.82, 2.24) is 15.5 Å². The molecule has 0 radical (unpaired) electrons. The molecule has 0 aliphatic carbocycles. The lowest BCUT2D eigenvalue weighted by atomic mass is 10.1. The van der Waals surface area contributed by atoms with E-state index in [-0.39, 0.29) is 12.5 Å². The number of nitrogens with zero attached hydrogens (tertiary/aromatic N) is 2. The summed E-state index contributed by atoms with van der Waals surface area (Å²) < 4.78 is 10.5. The average Bonchev–Trinajstić information content (AvgIpc) is 2.74. The summed E-state index contributed by atoms with van der Waals surface area (Å²) in [5.74, 6) is 2.23. The molecule has 30 heavy (non-hydrogen) atoms. The Labute approximate surface area is 179 Å². The van der Waals surface area contributed by atoms with Crippen molar-refractivity contribution in [1.29, 1.82) is 0 Å². The Hall–Kier alpha value is -3.22. The predicted molar refractivity (Wildman–Crippen MR) is 120 cm³/mol. The number of amides is 1. The Morgan fingerprint density at radius 3 is 2.30 bits per heavy atom. The third-order valence-corrected chi connectivity index (χ3v) is 4.54. The van der Waals surface area contributed by atoms with Gasteiger partial charge in [-0.3, -0.25) is 4.79 Å². The van der Waals surface area contributed by atoms with Crippen LogP contribution in [0.4, 0.5) is 0 Å². The van der Waals surface area contributed by atoms with Crippen molar-refractivity contribution in [3.63, 3.8) is 0 Å². The molecule has 7 heteroatoms. The minimum Gasteiger partial charge on any atom is -0.497 e.